The normalized spacial score (nSPS) is 9.40. The topological polar surface area (TPSA) is 17.1 Å². The van der Waals surface area contributed by atoms with Crippen molar-refractivity contribution in [2.45, 2.75) is 6.92 Å². The quantitative estimate of drug-likeness (QED) is 0.549. The van der Waals surface area contributed by atoms with Gasteiger partial charge in [-0.15, -0.1) is 0 Å². The summed E-state index contributed by atoms with van der Waals surface area (Å²) in [6.45, 7) is 1.58. The number of hydrogen-bond donors (Lipinski definition) is 0. The highest BCUT2D eigenvalue weighted by atomic mass is 127. The van der Waals surface area contributed by atoms with Crippen molar-refractivity contribution in [2.75, 3.05) is 0 Å². The van der Waals surface area contributed by atoms with E-state index >= 15 is 0 Å². The predicted octanol–water partition coefficient (Wildman–Crippen LogP) is 2.49. The van der Waals surface area contributed by atoms with Crippen molar-refractivity contribution >= 4 is 28.4 Å². The van der Waals surface area contributed by atoms with E-state index in [9.17, 15) is 4.79 Å². The molecule has 0 saturated carbocycles. The first-order valence-electron chi connectivity index (χ1n) is 2.97. The minimum absolute atomic E-state index is 0.130. The standard InChI is InChI=1S/C8H7IO/c1-6(10)7-4-2-3-5-8(7)9/h2-5H,1H3. The van der Waals surface area contributed by atoms with Gasteiger partial charge in [-0.1, -0.05) is 18.2 Å². The van der Waals surface area contributed by atoms with E-state index in [1.165, 1.54) is 0 Å². The van der Waals surface area contributed by atoms with Gasteiger partial charge in [-0.3, -0.25) is 4.79 Å². The lowest BCUT2D eigenvalue weighted by atomic mass is 10.2. The van der Waals surface area contributed by atoms with Gasteiger partial charge in [0.2, 0.25) is 0 Å². The van der Waals surface area contributed by atoms with Crippen molar-refractivity contribution in [2.24, 2.45) is 0 Å². The molecule has 0 heterocycles. The van der Waals surface area contributed by atoms with E-state index in [1.54, 1.807) is 6.92 Å². The largest absolute Gasteiger partial charge is 0.294 e. The summed E-state index contributed by atoms with van der Waals surface area (Å²) in [5.41, 5.74) is 0.808. The lowest BCUT2D eigenvalue weighted by Gasteiger charge is -1.96. The van der Waals surface area contributed by atoms with E-state index in [-0.39, 0.29) is 5.78 Å². The molecule has 0 aliphatic heterocycles. The fourth-order valence-corrected chi connectivity index (χ4v) is 1.51. The minimum Gasteiger partial charge on any atom is -0.294 e. The molecule has 0 saturated heterocycles. The first-order chi connectivity index (χ1) is 4.72. The van der Waals surface area contributed by atoms with Crippen molar-refractivity contribution in [3.8, 4) is 0 Å². The van der Waals surface area contributed by atoms with Gasteiger partial charge in [-0.05, 0) is 35.6 Å². The van der Waals surface area contributed by atoms with Crippen LogP contribution in [0.4, 0.5) is 0 Å². The molecule has 0 unspecified atom stereocenters. The summed E-state index contributed by atoms with van der Waals surface area (Å²) in [6, 6.07) is 7.56. The maximum absolute atomic E-state index is 10.9. The third kappa shape index (κ3) is 1.56. The third-order valence-corrected chi connectivity index (χ3v) is 2.19. The van der Waals surface area contributed by atoms with Crippen LogP contribution < -0.4 is 0 Å². The van der Waals surface area contributed by atoms with Gasteiger partial charge in [0, 0.05) is 9.13 Å². The van der Waals surface area contributed by atoms with E-state index in [1.807, 2.05) is 24.3 Å². The molecule has 0 spiro atoms. The van der Waals surface area contributed by atoms with Crippen LogP contribution in [-0.4, -0.2) is 5.78 Å². The monoisotopic (exact) mass is 246 g/mol. The highest BCUT2D eigenvalue weighted by molar-refractivity contribution is 14.1. The number of carbonyl (C=O) groups excluding carboxylic acids is 1. The smallest absolute Gasteiger partial charge is 0.160 e. The Labute approximate surface area is 73.6 Å². The first-order valence-corrected chi connectivity index (χ1v) is 4.05. The number of ketones is 1. The summed E-state index contributed by atoms with van der Waals surface area (Å²) in [5.74, 6) is 0.130. The second kappa shape index (κ2) is 3.14. The Morgan fingerprint density at radius 1 is 1.40 bits per heavy atom. The summed E-state index contributed by atoms with van der Waals surface area (Å²) in [6.07, 6.45) is 0. The molecular formula is C8H7IO. The van der Waals surface area contributed by atoms with Gasteiger partial charge < -0.3 is 0 Å². The number of carbonyl (C=O) groups is 1. The predicted molar refractivity (Wildman–Crippen MR) is 49.2 cm³/mol. The molecule has 0 aliphatic carbocycles. The molecule has 0 bridgehead atoms. The van der Waals surface area contributed by atoms with Crippen LogP contribution in [0, 0.1) is 3.57 Å². The molecule has 1 nitrogen and oxygen atoms in total. The van der Waals surface area contributed by atoms with E-state index in [0.717, 1.165) is 9.13 Å². The molecule has 1 rings (SSSR count). The van der Waals surface area contributed by atoms with Crippen LogP contribution in [0.25, 0.3) is 0 Å². The highest BCUT2D eigenvalue weighted by Gasteiger charge is 2.00. The van der Waals surface area contributed by atoms with Gasteiger partial charge in [0.15, 0.2) is 5.78 Å². The molecule has 0 aromatic heterocycles. The fraction of sp³-hybridized carbons (Fsp3) is 0.125. The molecule has 0 fully saturated rings. The second-order valence-corrected chi connectivity index (χ2v) is 3.20. The maximum Gasteiger partial charge on any atom is 0.160 e. The van der Waals surface area contributed by atoms with Gasteiger partial charge in [-0.25, -0.2) is 0 Å². The Bertz CT molecular complexity index is 255. The number of benzene rings is 1. The summed E-state index contributed by atoms with van der Waals surface area (Å²) in [5, 5.41) is 0. The van der Waals surface area contributed by atoms with E-state index in [4.69, 9.17) is 0 Å². The van der Waals surface area contributed by atoms with Crippen LogP contribution in [-0.2, 0) is 0 Å². The van der Waals surface area contributed by atoms with Crippen LogP contribution in [0.3, 0.4) is 0 Å². The number of halogens is 1. The van der Waals surface area contributed by atoms with Crippen molar-refractivity contribution in [3.05, 3.63) is 33.4 Å². The Hall–Kier alpha value is -0.380. The average molecular weight is 246 g/mol. The molecule has 0 atom stereocenters. The zero-order chi connectivity index (χ0) is 7.56. The van der Waals surface area contributed by atoms with Gasteiger partial charge in [0.25, 0.3) is 0 Å². The maximum atomic E-state index is 10.9. The fourth-order valence-electron chi connectivity index (χ4n) is 0.747. The summed E-state index contributed by atoms with van der Waals surface area (Å²) in [4.78, 5) is 10.9. The molecule has 0 amide bonds. The molecule has 10 heavy (non-hydrogen) atoms. The second-order valence-electron chi connectivity index (χ2n) is 2.04. The van der Waals surface area contributed by atoms with Crippen LogP contribution in [0.1, 0.15) is 17.3 Å². The van der Waals surface area contributed by atoms with Crippen LogP contribution >= 0.6 is 22.6 Å². The zero-order valence-electron chi connectivity index (χ0n) is 5.60. The third-order valence-electron chi connectivity index (χ3n) is 1.25. The van der Waals surface area contributed by atoms with E-state index in [2.05, 4.69) is 22.6 Å². The van der Waals surface area contributed by atoms with Gasteiger partial charge >= 0.3 is 0 Å². The summed E-state index contributed by atoms with van der Waals surface area (Å²) in [7, 11) is 0. The summed E-state index contributed by atoms with van der Waals surface area (Å²) >= 11 is 2.15. The number of hydrogen-bond acceptors (Lipinski definition) is 1. The first kappa shape index (κ1) is 7.72. The lowest BCUT2D eigenvalue weighted by molar-refractivity contribution is 0.101. The molecular weight excluding hydrogens is 239 g/mol. The zero-order valence-corrected chi connectivity index (χ0v) is 7.75. The Morgan fingerprint density at radius 2 is 2.00 bits per heavy atom. The molecule has 52 valence electrons. The SMILES string of the molecule is CC(=O)c1ccccc1I. The van der Waals surface area contributed by atoms with Crippen molar-refractivity contribution in [3.63, 3.8) is 0 Å². The molecule has 1 aromatic carbocycles. The van der Waals surface area contributed by atoms with Gasteiger partial charge in [-0.2, -0.15) is 0 Å². The van der Waals surface area contributed by atoms with Crippen molar-refractivity contribution in [1.82, 2.24) is 0 Å². The van der Waals surface area contributed by atoms with Gasteiger partial charge in [0.05, 0.1) is 0 Å². The average Bonchev–Trinajstić information content (AvgIpc) is 1.88. The van der Waals surface area contributed by atoms with E-state index in [0.29, 0.717) is 0 Å². The number of rotatable bonds is 1. The molecule has 2 heteroatoms. The summed E-state index contributed by atoms with van der Waals surface area (Å²) < 4.78 is 1.02. The van der Waals surface area contributed by atoms with Crippen LogP contribution in [0.15, 0.2) is 24.3 Å². The van der Waals surface area contributed by atoms with Crippen LogP contribution in [0.2, 0.25) is 0 Å². The lowest BCUT2D eigenvalue weighted by Crippen LogP contribution is -1.93. The minimum atomic E-state index is 0.130. The van der Waals surface area contributed by atoms with Crippen LogP contribution in [0.5, 0.6) is 0 Å². The van der Waals surface area contributed by atoms with Crippen molar-refractivity contribution in [1.29, 1.82) is 0 Å². The van der Waals surface area contributed by atoms with Gasteiger partial charge in [0.1, 0.15) is 0 Å². The Kier molecular flexibility index (Phi) is 2.43. The molecule has 0 radical (unpaired) electrons. The Morgan fingerprint density at radius 3 is 2.40 bits per heavy atom. The molecule has 1 aromatic rings. The number of Topliss-reactive ketones (excluding diaryl/α,β-unsaturated/α-hetero) is 1. The van der Waals surface area contributed by atoms with Crippen molar-refractivity contribution < 1.29 is 4.79 Å². The highest BCUT2D eigenvalue weighted by Crippen LogP contribution is 2.11. The Balaban J connectivity index is 3.15. The van der Waals surface area contributed by atoms with E-state index < -0.39 is 0 Å². The molecule has 0 N–H and O–H groups in total. The molecule has 0 aliphatic rings.